The summed E-state index contributed by atoms with van der Waals surface area (Å²) >= 11 is 5.36. The Morgan fingerprint density at radius 1 is 1.54 bits per heavy atom. The van der Waals surface area contributed by atoms with Crippen molar-refractivity contribution in [3.8, 4) is 0 Å². The summed E-state index contributed by atoms with van der Waals surface area (Å²) in [5, 5.41) is 1.04. The fourth-order valence-corrected chi connectivity index (χ4v) is 2.01. The lowest BCUT2D eigenvalue weighted by molar-refractivity contribution is -0.750. The van der Waals surface area contributed by atoms with Crippen molar-refractivity contribution >= 4 is 17.3 Å². The second-order valence-electron chi connectivity index (χ2n) is 3.07. The van der Waals surface area contributed by atoms with Crippen LogP contribution in [0.5, 0.6) is 0 Å². The Balaban J connectivity index is 0.00000144. The van der Waals surface area contributed by atoms with Gasteiger partial charge in [0.1, 0.15) is 0 Å². The van der Waals surface area contributed by atoms with Gasteiger partial charge in [0.15, 0.2) is 0 Å². The predicted molar refractivity (Wildman–Crippen MR) is 55.1 cm³/mol. The molecule has 4 heteroatoms. The van der Waals surface area contributed by atoms with Crippen LogP contribution in [0.25, 0.3) is 0 Å². The molecule has 2 unspecified atom stereocenters. The van der Waals surface area contributed by atoms with Crippen LogP contribution in [0.4, 0.5) is 0 Å². The number of thiocarbonyl (C=S) groups is 1. The van der Waals surface area contributed by atoms with Crippen LogP contribution < -0.4 is 17.3 Å². The number of hydrogen-bond donors (Lipinski definition) is 1. The average Bonchev–Trinajstić information content (AvgIpc) is 2.06. The number of likely N-dealkylation sites (N-methyl/N-ethyl adjacent to an activating group) is 1. The van der Waals surface area contributed by atoms with E-state index in [9.17, 15) is 0 Å². The zero-order valence-electron chi connectivity index (χ0n) is 8.38. The minimum Gasteiger partial charge on any atom is -1.00 e. The molecule has 1 N–H and O–H groups in total. The number of halogens is 1. The predicted octanol–water partition coefficient (Wildman–Crippen LogP) is -2.58. The minimum absolute atomic E-state index is 0. The third kappa shape index (κ3) is 2.66. The Bertz CT molecular complexity index is 206. The molecule has 0 aromatic heterocycles. The maximum Gasteiger partial charge on any atom is 0.276 e. The molecule has 1 rings (SSSR count). The molecule has 0 aliphatic carbocycles. The Labute approximate surface area is 92.0 Å². The highest BCUT2D eigenvalue weighted by Crippen LogP contribution is 2.02. The first-order chi connectivity index (χ1) is 5.70. The lowest BCUT2D eigenvalue weighted by Crippen LogP contribution is -3.12. The van der Waals surface area contributed by atoms with E-state index < -0.39 is 0 Å². The van der Waals surface area contributed by atoms with Crippen molar-refractivity contribution in [3.05, 3.63) is 12.3 Å². The summed E-state index contributed by atoms with van der Waals surface area (Å²) in [6, 6.07) is 0.470. The van der Waals surface area contributed by atoms with Crippen molar-refractivity contribution in [2.45, 2.75) is 26.8 Å². The summed E-state index contributed by atoms with van der Waals surface area (Å²) in [6.07, 6.45) is 4.39. The smallest absolute Gasteiger partial charge is 0.276 e. The van der Waals surface area contributed by atoms with Crippen LogP contribution in [0.1, 0.15) is 20.8 Å². The maximum absolute atomic E-state index is 5.36. The molecule has 0 radical (unpaired) electrons. The highest BCUT2D eigenvalue weighted by molar-refractivity contribution is 7.79. The normalized spacial score (nSPS) is 27.3. The summed E-state index contributed by atoms with van der Waals surface area (Å²) in [4.78, 5) is 3.55. The first kappa shape index (κ1) is 12.9. The first-order valence-corrected chi connectivity index (χ1v) is 4.96. The number of nitrogens with one attached hydrogen (secondary N) is 1. The van der Waals surface area contributed by atoms with Gasteiger partial charge in [0.25, 0.3) is 5.11 Å². The Morgan fingerprint density at radius 3 is 2.62 bits per heavy atom. The van der Waals surface area contributed by atoms with Gasteiger partial charge in [0.05, 0.1) is 18.8 Å². The van der Waals surface area contributed by atoms with Crippen LogP contribution in [0.15, 0.2) is 12.3 Å². The minimum atomic E-state index is 0. The van der Waals surface area contributed by atoms with Crippen LogP contribution in [-0.2, 0) is 0 Å². The summed E-state index contributed by atoms with van der Waals surface area (Å²) in [5.41, 5.74) is 0. The topological polar surface area (TPSA) is 7.68 Å². The van der Waals surface area contributed by atoms with Gasteiger partial charge in [-0.25, -0.2) is 0 Å². The van der Waals surface area contributed by atoms with Crippen LogP contribution in [0.3, 0.4) is 0 Å². The van der Waals surface area contributed by atoms with E-state index in [1.807, 2.05) is 0 Å². The van der Waals surface area contributed by atoms with E-state index in [1.165, 1.54) is 4.90 Å². The van der Waals surface area contributed by atoms with E-state index in [1.54, 1.807) is 0 Å². The molecule has 0 bridgehead atoms. The number of nitrogens with zero attached hydrogens (tertiary/aromatic N) is 1. The summed E-state index contributed by atoms with van der Waals surface area (Å²) in [5.74, 6) is 0. The molecule has 0 aromatic rings. The van der Waals surface area contributed by atoms with Crippen molar-refractivity contribution in [3.63, 3.8) is 0 Å². The Kier molecular flexibility index (Phi) is 5.53. The lowest BCUT2D eigenvalue weighted by atomic mass is 10.2. The van der Waals surface area contributed by atoms with E-state index in [4.69, 9.17) is 12.2 Å². The number of hydrogen-bond acceptors (Lipinski definition) is 1. The Hall–Kier alpha value is -0.120. The molecule has 2 nitrogen and oxygen atoms in total. The fourth-order valence-electron chi connectivity index (χ4n) is 1.50. The molecule has 0 saturated carbocycles. The Morgan fingerprint density at radius 2 is 2.15 bits per heavy atom. The van der Waals surface area contributed by atoms with E-state index >= 15 is 0 Å². The van der Waals surface area contributed by atoms with E-state index in [0.717, 1.165) is 18.2 Å². The van der Waals surface area contributed by atoms with Gasteiger partial charge < -0.3 is 17.3 Å². The van der Waals surface area contributed by atoms with Crippen LogP contribution >= 0.6 is 12.2 Å². The van der Waals surface area contributed by atoms with Gasteiger partial charge in [-0.15, -0.1) is 0 Å². The zero-order chi connectivity index (χ0) is 9.14. The summed E-state index contributed by atoms with van der Waals surface area (Å²) in [7, 11) is 0. The average molecular weight is 221 g/mol. The molecular formula is C9H17ClN2S. The molecule has 0 fully saturated rings. The van der Waals surface area contributed by atoms with Crippen molar-refractivity contribution < 1.29 is 17.3 Å². The second-order valence-corrected chi connectivity index (χ2v) is 3.46. The molecule has 0 amide bonds. The van der Waals surface area contributed by atoms with Gasteiger partial charge in [0.2, 0.25) is 0 Å². The van der Waals surface area contributed by atoms with Gasteiger partial charge in [-0.2, -0.15) is 0 Å². The lowest BCUT2D eigenvalue weighted by Gasteiger charge is -2.32. The molecule has 0 aromatic carbocycles. The molecule has 0 saturated heterocycles. The second kappa shape index (κ2) is 5.58. The largest absolute Gasteiger partial charge is 1.00 e. The molecule has 0 spiro atoms. The fraction of sp³-hybridized carbons (Fsp3) is 0.667. The van der Waals surface area contributed by atoms with E-state index in [-0.39, 0.29) is 12.4 Å². The highest BCUT2D eigenvalue weighted by Gasteiger charge is 2.25. The monoisotopic (exact) mass is 220 g/mol. The highest BCUT2D eigenvalue weighted by atomic mass is 35.5. The number of quaternary nitrogens is 1. The molecule has 13 heavy (non-hydrogen) atoms. The molecule has 1 heterocycles. The van der Waals surface area contributed by atoms with E-state index in [0.29, 0.717) is 6.04 Å². The third-order valence-corrected chi connectivity index (χ3v) is 2.82. The molecule has 1 aliphatic rings. The van der Waals surface area contributed by atoms with Crippen LogP contribution in [0, 0.1) is 0 Å². The van der Waals surface area contributed by atoms with Crippen molar-refractivity contribution in [2.24, 2.45) is 0 Å². The molecule has 1 aliphatic heterocycles. The van der Waals surface area contributed by atoms with Crippen molar-refractivity contribution in [2.75, 3.05) is 13.1 Å². The van der Waals surface area contributed by atoms with Crippen LogP contribution in [-0.4, -0.2) is 29.1 Å². The number of rotatable bonds is 2. The van der Waals surface area contributed by atoms with E-state index in [2.05, 4.69) is 37.9 Å². The molecule has 76 valence electrons. The third-order valence-electron chi connectivity index (χ3n) is 2.32. The van der Waals surface area contributed by atoms with Crippen LogP contribution in [0.2, 0.25) is 0 Å². The van der Waals surface area contributed by atoms with Gasteiger partial charge >= 0.3 is 0 Å². The first-order valence-electron chi connectivity index (χ1n) is 4.55. The standard InChI is InChI=1S/C9H16N2S.ClH/c1-4-10-7-6-8(3)11(5-2)9(10)12;/h6-8H,4-5H2,1-3H3;1H. The molecule has 2 atom stereocenters. The van der Waals surface area contributed by atoms with Gasteiger partial charge in [0, 0.05) is 18.8 Å². The SMILES string of the molecule is CCN1C(=S)[NH+](CC)C=CC1C.[Cl-]. The zero-order valence-corrected chi connectivity index (χ0v) is 9.95. The van der Waals surface area contributed by atoms with Crippen molar-refractivity contribution in [1.82, 2.24) is 4.90 Å². The van der Waals surface area contributed by atoms with Crippen molar-refractivity contribution in [1.29, 1.82) is 0 Å². The van der Waals surface area contributed by atoms with Gasteiger partial charge in [-0.3, -0.25) is 4.90 Å². The van der Waals surface area contributed by atoms with Gasteiger partial charge in [-0.1, -0.05) is 0 Å². The van der Waals surface area contributed by atoms with Gasteiger partial charge in [-0.05, 0) is 26.8 Å². The quantitative estimate of drug-likeness (QED) is 0.512. The molecular weight excluding hydrogens is 204 g/mol. The summed E-state index contributed by atoms with van der Waals surface area (Å²) in [6.45, 7) is 8.52. The maximum atomic E-state index is 5.36. The summed E-state index contributed by atoms with van der Waals surface area (Å²) < 4.78 is 0.